The molecule has 19 heavy (non-hydrogen) atoms. The molecule has 0 saturated heterocycles. The number of non-ortho nitro benzene ring substituents is 1. The molecule has 0 aromatic heterocycles. The van der Waals surface area contributed by atoms with Gasteiger partial charge in [0.15, 0.2) is 0 Å². The van der Waals surface area contributed by atoms with E-state index in [0.29, 0.717) is 6.61 Å². The summed E-state index contributed by atoms with van der Waals surface area (Å²) in [5.74, 6) is 0. The van der Waals surface area contributed by atoms with E-state index in [0.717, 1.165) is 30.9 Å². The summed E-state index contributed by atoms with van der Waals surface area (Å²) in [4.78, 5) is 12.5. The van der Waals surface area contributed by atoms with Crippen molar-refractivity contribution in [3.05, 3.63) is 33.9 Å². The summed E-state index contributed by atoms with van der Waals surface area (Å²) >= 11 is 0. The van der Waals surface area contributed by atoms with Gasteiger partial charge in [-0.05, 0) is 19.5 Å². The lowest BCUT2D eigenvalue weighted by Gasteiger charge is -2.17. The smallest absolute Gasteiger partial charge is 0.271 e. The lowest BCUT2D eigenvalue weighted by molar-refractivity contribution is -0.384. The van der Waals surface area contributed by atoms with E-state index in [-0.39, 0.29) is 10.6 Å². The molecule has 0 heterocycles. The van der Waals surface area contributed by atoms with Crippen LogP contribution in [0.5, 0.6) is 0 Å². The van der Waals surface area contributed by atoms with Crippen LogP contribution in [0.15, 0.2) is 18.2 Å². The van der Waals surface area contributed by atoms with Gasteiger partial charge in [-0.1, -0.05) is 6.07 Å². The van der Waals surface area contributed by atoms with Gasteiger partial charge in [0.2, 0.25) is 0 Å². The van der Waals surface area contributed by atoms with E-state index in [4.69, 9.17) is 4.74 Å². The highest BCUT2D eigenvalue weighted by Gasteiger charge is 2.08. The van der Waals surface area contributed by atoms with Crippen molar-refractivity contribution in [3.8, 4) is 0 Å². The van der Waals surface area contributed by atoms with Gasteiger partial charge in [0.05, 0.1) is 11.5 Å². The predicted molar refractivity (Wildman–Crippen MR) is 75.7 cm³/mol. The number of hydrogen-bond acceptors (Lipinski definition) is 5. The molecule has 0 unspecified atom stereocenters. The number of nitro benzene ring substituents is 1. The fourth-order valence-electron chi connectivity index (χ4n) is 1.65. The Hall–Kier alpha value is -1.66. The number of aryl methyl sites for hydroxylation is 1. The summed E-state index contributed by atoms with van der Waals surface area (Å²) in [6.07, 6.45) is 0. The fourth-order valence-corrected chi connectivity index (χ4v) is 1.65. The molecule has 1 rings (SSSR count). The number of benzene rings is 1. The summed E-state index contributed by atoms with van der Waals surface area (Å²) < 4.78 is 5.00. The maximum absolute atomic E-state index is 10.7. The predicted octanol–water partition coefficient (Wildman–Crippen LogP) is 1.89. The molecule has 0 saturated carbocycles. The second-order valence-electron chi connectivity index (χ2n) is 4.48. The normalized spacial score (nSPS) is 10.7. The number of hydrogen-bond donors (Lipinski definition) is 1. The maximum Gasteiger partial charge on any atom is 0.271 e. The monoisotopic (exact) mass is 267 g/mol. The first kappa shape index (κ1) is 15.4. The van der Waals surface area contributed by atoms with E-state index in [1.54, 1.807) is 19.2 Å². The third-order valence-corrected chi connectivity index (χ3v) is 2.92. The first-order valence-corrected chi connectivity index (χ1v) is 6.21. The second-order valence-corrected chi connectivity index (χ2v) is 4.48. The third kappa shape index (κ3) is 5.23. The average Bonchev–Trinajstić information content (AvgIpc) is 2.38. The first-order chi connectivity index (χ1) is 9.04. The molecule has 6 nitrogen and oxygen atoms in total. The van der Waals surface area contributed by atoms with Crippen LogP contribution in [0.1, 0.15) is 5.56 Å². The van der Waals surface area contributed by atoms with Crippen LogP contribution >= 0.6 is 0 Å². The molecule has 0 aliphatic carbocycles. The molecule has 0 radical (unpaired) electrons. The summed E-state index contributed by atoms with van der Waals surface area (Å²) in [6, 6.07) is 4.85. The van der Waals surface area contributed by atoms with Gasteiger partial charge in [-0.25, -0.2) is 0 Å². The van der Waals surface area contributed by atoms with Crippen LogP contribution in [-0.2, 0) is 4.74 Å². The second kappa shape index (κ2) is 7.70. The van der Waals surface area contributed by atoms with Crippen molar-refractivity contribution in [1.29, 1.82) is 0 Å². The maximum atomic E-state index is 10.7. The zero-order valence-corrected chi connectivity index (χ0v) is 11.7. The minimum absolute atomic E-state index is 0.112. The lowest BCUT2D eigenvalue weighted by atomic mass is 10.2. The van der Waals surface area contributed by atoms with E-state index >= 15 is 0 Å². The molecule has 1 N–H and O–H groups in total. The Morgan fingerprint density at radius 3 is 2.79 bits per heavy atom. The van der Waals surface area contributed by atoms with Gasteiger partial charge < -0.3 is 15.0 Å². The molecule has 0 spiro atoms. The van der Waals surface area contributed by atoms with Crippen molar-refractivity contribution in [1.82, 2.24) is 4.90 Å². The van der Waals surface area contributed by atoms with Crippen LogP contribution in [0, 0.1) is 17.0 Å². The van der Waals surface area contributed by atoms with Crippen LogP contribution in [0.3, 0.4) is 0 Å². The standard InChI is InChI=1S/C13H21N3O3/c1-11-4-5-12(16(17)18)10-13(11)14-6-7-15(2)8-9-19-3/h4-5,10,14H,6-9H2,1-3H3. The highest BCUT2D eigenvalue weighted by atomic mass is 16.6. The molecule has 0 bridgehead atoms. The van der Waals surface area contributed by atoms with E-state index in [9.17, 15) is 10.1 Å². The SMILES string of the molecule is COCCN(C)CCNc1cc([N+](=O)[O-])ccc1C. The van der Waals surface area contributed by atoms with Crippen LogP contribution < -0.4 is 5.32 Å². The number of ether oxygens (including phenoxy) is 1. The molecule has 106 valence electrons. The number of nitrogens with zero attached hydrogens (tertiary/aromatic N) is 2. The van der Waals surface area contributed by atoms with Crippen LogP contribution in [0.25, 0.3) is 0 Å². The molecular formula is C13H21N3O3. The van der Waals surface area contributed by atoms with Crippen LogP contribution in [-0.4, -0.2) is 50.2 Å². The summed E-state index contributed by atoms with van der Waals surface area (Å²) in [6.45, 7) is 5.09. The Bertz CT molecular complexity index is 424. The Morgan fingerprint density at radius 1 is 1.42 bits per heavy atom. The van der Waals surface area contributed by atoms with Crippen molar-refractivity contribution in [3.63, 3.8) is 0 Å². The molecule has 0 fully saturated rings. The Balaban J connectivity index is 2.48. The number of nitro groups is 1. The van der Waals surface area contributed by atoms with Gasteiger partial charge in [0, 0.05) is 44.6 Å². The number of rotatable bonds is 8. The van der Waals surface area contributed by atoms with E-state index in [1.165, 1.54) is 6.07 Å². The minimum Gasteiger partial charge on any atom is -0.383 e. The van der Waals surface area contributed by atoms with E-state index in [1.807, 2.05) is 14.0 Å². The molecule has 6 heteroatoms. The zero-order chi connectivity index (χ0) is 14.3. The fraction of sp³-hybridized carbons (Fsp3) is 0.538. The highest BCUT2D eigenvalue weighted by Crippen LogP contribution is 2.21. The molecular weight excluding hydrogens is 246 g/mol. The number of methoxy groups -OCH3 is 1. The van der Waals surface area contributed by atoms with Crippen molar-refractivity contribution in [2.45, 2.75) is 6.92 Å². The van der Waals surface area contributed by atoms with E-state index in [2.05, 4.69) is 10.2 Å². The topological polar surface area (TPSA) is 67.6 Å². The Kier molecular flexibility index (Phi) is 6.24. The number of likely N-dealkylation sites (N-methyl/N-ethyl adjacent to an activating group) is 1. The molecule has 0 atom stereocenters. The number of anilines is 1. The van der Waals surface area contributed by atoms with Crippen molar-refractivity contribution in [2.75, 3.05) is 45.7 Å². The van der Waals surface area contributed by atoms with Gasteiger partial charge in [-0.3, -0.25) is 10.1 Å². The van der Waals surface area contributed by atoms with Crippen molar-refractivity contribution >= 4 is 11.4 Å². The van der Waals surface area contributed by atoms with Gasteiger partial charge in [0.1, 0.15) is 0 Å². The molecule has 0 aliphatic heterocycles. The van der Waals surface area contributed by atoms with Crippen molar-refractivity contribution < 1.29 is 9.66 Å². The van der Waals surface area contributed by atoms with Gasteiger partial charge in [-0.2, -0.15) is 0 Å². The highest BCUT2D eigenvalue weighted by molar-refractivity contribution is 5.56. The lowest BCUT2D eigenvalue weighted by Crippen LogP contribution is -2.28. The van der Waals surface area contributed by atoms with Crippen LogP contribution in [0.4, 0.5) is 11.4 Å². The first-order valence-electron chi connectivity index (χ1n) is 6.21. The van der Waals surface area contributed by atoms with Gasteiger partial charge in [-0.15, -0.1) is 0 Å². The molecule has 0 aliphatic rings. The Labute approximate surface area is 113 Å². The summed E-state index contributed by atoms with van der Waals surface area (Å²) in [5, 5.41) is 13.9. The minimum atomic E-state index is -0.380. The molecule has 1 aromatic rings. The van der Waals surface area contributed by atoms with Crippen molar-refractivity contribution in [2.24, 2.45) is 0 Å². The quantitative estimate of drug-likeness (QED) is 0.575. The zero-order valence-electron chi connectivity index (χ0n) is 11.7. The molecule has 0 amide bonds. The largest absolute Gasteiger partial charge is 0.383 e. The average molecular weight is 267 g/mol. The Morgan fingerprint density at radius 2 is 2.16 bits per heavy atom. The van der Waals surface area contributed by atoms with Crippen LogP contribution in [0.2, 0.25) is 0 Å². The molecule has 1 aromatic carbocycles. The summed E-state index contributed by atoms with van der Waals surface area (Å²) in [5.41, 5.74) is 1.93. The van der Waals surface area contributed by atoms with E-state index < -0.39 is 0 Å². The third-order valence-electron chi connectivity index (χ3n) is 2.92. The van der Waals surface area contributed by atoms with Gasteiger partial charge >= 0.3 is 0 Å². The summed E-state index contributed by atoms with van der Waals surface area (Å²) in [7, 11) is 3.69. The van der Waals surface area contributed by atoms with Gasteiger partial charge in [0.25, 0.3) is 5.69 Å². The number of nitrogens with one attached hydrogen (secondary N) is 1.